The molecule has 3 heterocycles. The highest BCUT2D eigenvalue weighted by molar-refractivity contribution is 5.89. The summed E-state index contributed by atoms with van der Waals surface area (Å²) in [5.41, 5.74) is 6.69. The Labute approximate surface area is 188 Å². The van der Waals surface area contributed by atoms with E-state index in [0.717, 1.165) is 5.69 Å². The normalized spacial score (nSPS) is 21.0. The third-order valence-electron chi connectivity index (χ3n) is 5.99. The van der Waals surface area contributed by atoms with Crippen LogP contribution in [-0.2, 0) is 16.2 Å². The lowest BCUT2D eigenvalue weighted by Gasteiger charge is -2.37. The van der Waals surface area contributed by atoms with Crippen LogP contribution in [0.5, 0.6) is 0 Å². The smallest absolute Gasteiger partial charge is 0.245 e. The molecular weight excluding hydrogens is 414 g/mol. The van der Waals surface area contributed by atoms with Crippen LogP contribution in [0.2, 0.25) is 0 Å². The number of nitrogen functional groups attached to an aromatic ring is 1. The second-order valence-corrected chi connectivity index (χ2v) is 9.62. The molecule has 0 spiro atoms. The zero-order valence-electron chi connectivity index (χ0n) is 19.1. The van der Waals surface area contributed by atoms with E-state index in [1.807, 2.05) is 25.7 Å². The molecule has 1 aromatic heterocycles. The number of β-amino-alcohol motifs (C(OH)–C–C–N with tert-alkyl or cyclic N) is 1. The molecule has 11 nitrogen and oxygen atoms in total. The second-order valence-electron chi connectivity index (χ2n) is 9.62. The van der Waals surface area contributed by atoms with Crippen molar-refractivity contribution in [3.63, 3.8) is 0 Å². The maximum atomic E-state index is 13.0. The second kappa shape index (κ2) is 9.97. The highest BCUT2D eigenvalue weighted by Gasteiger charge is 2.38. The van der Waals surface area contributed by atoms with Crippen LogP contribution in [0.1, 0.15) is 32.9 Å². The zero-order valence-corrected chi connectivity index (χ0v) is 19.1. The molecule has 0 aliphatic carbocycles. The Balaban J connectivity index is 1.55. The van der Waals surface area contributed by atoms with Gasteiger partial charge in [-0.05, 0) is 17.9 Å². The maximum absolute atomic E-state index is 13.0. The van der Waals surface area contributed by atoms with Crippen LogP contribution in [0, 0.1) is 5.41 Å². The van der Waals surface area contributed by atoms with Crippen molar-refractivity contribution in [3.05, 3.63) is 11.8 Å². The molecule has 0 radical (unpaired) electrons. The van der Waals surface area contributed by atoms with Crippen molar-refractivity contribution >= 4 is 23.3 Å². The number of piperazine rings is 1. The van der Waals surface area contributed by atoms with Gasteiger partial charge >= 0.3 is 0 Å². The summed E-state index contributed by atoms with van der Waals surface area (Å²) in [5.74, 6) is -0.0290. The fraction of sp³-hybridized carbons (Fsp3) is 0.714. The van der Waals surface area contributed by atoms with Crippen LogP contribution in [-0.4, -0.2) is 100.0 Å². The van der Waals surface area contributed by atoms with E-state index in [1.54, 1.807) is 11.0 Å². The van der Waals surface area contributed by atoms with Gasteiger partial charge in [0.25, 0.3) is 0 Å². The van der Waals surface area contributed by atoms with Gasteiger partial charge in [-0.2, -0.15) is 5.10 Å². The number of amides is 2. The van der Waals surface area contributed by atoms with E-state index in [9.17, 15) is 19.8 Å². The van der Waals surface area contributed by atoms with Crippen LogP contribution in [0.4, 0.5) is 11.5 Å². The summed E-state index contributed by atoms with van der Waals surface area (Å²) in [7, 11) is 0. The Morgan fingerprint density at radius 3 is 2.47 bits per heavy atom. The van der Waals surface area contributed by atoms with Gasteiger partial charge in [-0.15, -0.1) is 5.10 Å². The van der Waals surface area contributed by atoms with Gasteiger partial charge < -0.3 is 31.1 Å². The van der Waals surface area contributed by atoms with Gasteiger partial charge in [-0.1, -0.05) is 20.8 Å². The number of nitrogens with zero attached hydrogens (tertiary/aromatic N) is 5. The van der Waals surface area contributed by atoms with E-state index < -0.39 is 17.6 Å². The number of nitrogens with two attached hydrogens (primary N) is 1. The van der Waals surface area contributed by atoms with E-state index in [4.69, 9.17) is 5.73 Å². The lowest BCUT2D eigenvalue weighted by molar-refractivity contribution is -0.139. The van der Waals surface area contributed by atoms with Crippen molar-refractivity contribution in [1.82, 2.24) is 25.3 Å². The standard InChI is InChI=1S/C21H35N7O4/c1-21(2,3)18(20(32)28-5-4-15(30)11-28)23-17(31)12-26-6-8-27(9-7-26)16-10-14(13-29)24-25-19(16)22/h10,15,18,29-30H,4-9,11-13H2,1-3H3,(H2,22,25)(H,23,31)/t15-,18-/m1/s1. The molecule has 5 N–H and O–H groups in total. The Morgan fingerprint density at radius 2 is 1.91 bits per heavy atom. The summed E-state index contributed by atoms with van der Waals surface area (Å²) in [6, 6.07) is 1.08. The first-order valence-electron chi connectivity index (χ1n) is 11.0. The van der Waals surface area contributed by atoms with Gasteiger partial charge in [0, 0.05) is 39.3 Å². The number of nitrogens with one attached hydrogen (secondary N) is 1. The Morgan fingerprint density at radius 1 is 1.22 bits per heavy atom. The van der Waals surface area contributed by atoms with E-state index >= 15 is 0 Å². The predicted molar refractivity (Wildman–Crippen MR) is 120 cm³/mol. The molecule has 0 unspecified atom stereocenters. The molecule has 2 fully saturated rings. The predicted octanol–water partition coefficient (Wildman–Crippen LogP) is -1.20. The summed E-state index contributed by atoms with van der Waals surface area (Å²) in [5, 5.41) is 29.7. The Bertz CT molecular complexity index is 821. The summed E-state index contributed by atoms with van der Waals surface area (Å²) in [6.45, 7) is 9.20. The maximum Gasteiger partial charge on any atom is 0.245 e. The monoisotopic (exact) mass is 449 g/mol. The van der Waals surface area contributed by atoms with Gasteiger partial charge in [-0.3, -0.25) is 14.5 Å². The first-order chi connectivity index (χ1) is 15.1. The summed E-state index contributed by atoms with van der Waals surface area (Å²) < 4.78 is 0. The Kier molecular flexibility index (Phi) is 7.52. The minimum atomic E-state index is -0.652. The van der Waals surface area contributed by atoms with Gasteiger partial charge in [0.05, 0.1) is 30.6 Å². The van der Waals surface area contributed by atoms with Gasteiger partial charge in [0.2, 0.25) is 11.8 Å². The van der Waals surface area contributed by atoms with Crippen molar-refractivity contribution in [3.8, 4) is 0 Å². The average Bonchev–Trinajstić information content (AvgIpc) is 3.18. The van der Waals surface area contributed by atoms with Crippen LogP contribution >= 0.6 is 0 Å². The van der Waals surface area contributed by atoms with Crippen molar-refractivity contribution < 1.29 is 19.8 Å². The van der Waals surface area contributed by atoms with E-state index in [2.05, 4.69) is 20.4 Å². The topological polar surface area (TPSA) is 148 Å². The number of aliphatic hydroxyl groups is 2. The fourth-order valence-electron chi connectivity index (χ4n) is 4.09. The number of aliphatic hydroxyl groups excluding tert-OH is 2. The molecule has 2 aliphatic heterocycles. The number of hydrogen-bond acceptors (Lipinski definition) is 9. The number of rotatable bonds is 6. The third-order valence-corrected chi connectivity index (χ3v) is 5.99. The average molecular weight is 450 g/mol. The first-order valence-corrected chi connectivity index (χ1v) is 11.0. The first kappa shape index (κ1) is 24.1. The number of carbonyl (C=O) groups is 2. The minimum absolute atomic E-state index is 0.146. The number of hydrogen-bond donors (Lipinski definition) is 4. The summed E-state index contributed by atoms with van der Waals surface area (Å²) >= 11 is 0. The van der Waals surface area contributed by atoms with Gasteiger partial charge in [0.15, 0.2) is 5.82 Å². The SMILES string of the molecule is CC(C)(C)[C@H](NC(=O)CN1CCN(c2cc(CO)nnc2N)CC1)C(=O)N1CC[C@@H](O)C1. The molecule has 2 aliphatic rings. The van der Waals surface area contributed by atoms with Crippen molar-refractivity contribution in [2.45, 2.75) is 45.9 Å². The highest BCUT2D eigenvalue weighted by atomic mass is 16.3. The molecule has 2 atom stereocenters. The molecule has 2 amide bonds. The molecule has 2 saturated heterocycles. The number of aromatic nitrogens is 2. The number of anilines is 2. The van der Waals surface area contributed by atoms with Gasteiger partial charge in [0.1, 0.15) is 6.04 Å². The molecular formula is C21H35N7O4. The van der Waals surface area contributed by atoms with E-state index in [-0.39, 0.29) is 25.0 Å². The third kappa shape index (κ3) is 5.84. The van der Waals surface area contributed by atoms with Crippen molar-refractivity contribution in [2.75, 3.05) is 56.4 Å². The fourth-order valence-corrected chi connectivity index (χ4v) is 4.09. The van der Waals surface area contributed by atoms with Crippen LogP contribution in [0.3, 0.4) is 0 Å². The minimum Gasteiger partial charge on any atom is -0.391 e. The molecule has 0 aromatic carbocycles. The Hall–Kier alpha value is -2.50. The largest absolute Gasteiger partial charge is 0.391 e. The van der Waals surface area contributed by atoms with Crippen molar-refractivity contribution in [1.29, 1.82) is 0 Å². The molecule has 3 rings (SSSR count). The zero-order chi connectivity index (χ0) is 23.5. The molecule has 0 bridgehead atoms. The highest BCUT2D eigenvalue weighted by Crippen LogP contribution is 2.24. The molecule has 178 valence electrons. The van der Waals surface area contributed by atoms with Crippen LogP contribution in [0.15, 0.2) is 6.07 Å². The van der Waals surface area contributed by atoms with Crippen LogP contribution < -0.4 is 16.0 Å². The summed E-state index contributed by atoms with van der Waals surface area (Å²) in [6.07, 6.45) is 0.0719. The van der Waals surface area contributed by atoms with E-state index in [0.29, 0.717) is 57.2 Å². The van der Waals surface area contributed by atoms with Gasteiger partial charge in [-0.25, -0.2) is 0 Å². The lowest BCUT2D eigenvalue weighted by Crippen LogP contribution is -2.57. The van der Waals surface area contributed by atoms with Crippen LogP contribution in [0.25, 0.3) is 0 Å². The van der Waals surface area contributed by atoms with E-state index in [1.165, 1.54) is 0 Å². The number of carbonyl (C=O) groups excluding carboxylic acids is 2. The van der Waals surface area contributed by atoms with Crippen molar-refractivity contribution in [2.24, 2.45) is 5.41 Å². The molecule has 1 aromatic rings. The lowest BCUT2D eigenvalue weighted by atomic mass is 9.85. The summed E-state index contributed by atoms with van der Waals surface area (Å²) in [4.78, 5) is 31.5. The number of likely N-dealkylation sites (tertiary alicyclic amines) is 1. The molecule has 0 saturated carbocycles. The molecule has 32 heavy (non-hydrogen) atoms. The molecule has 11 heteroatoms. The quantitative estimate of drug-likeness (QED) is 0.420.